The van der Waals surface area contributed by atoms with Crippen LogP contribution in [-0.2, 0) is 12.8 Å². The minimum absolute atomic E-state index is 0.719. The maximum atomic E-state index is 5.70. The van der Waals surface area contributed by atoms with Crippen LogP contribution in [0, 0.1) is 0 Å². The molecule has 0 saturated heterocycles. The second-order valence-corrected chi connectivity index (χ2v) is 4.59. The summed E-state index contributed by atoms with van der Waals surface area (Å²) >= 11 is 0. The Morgan fingerprint density at radius 1 is 1.11 bits per heavy atom. The number of nitrogens with zero attached hydrogens (tertiary/aromatic N) is 1. The van der Waals surface area contributed by atoms with Crippen LogP contribution in [0.1, 0.15) is 38.3 Å². The molecule has 0 aromatic carbocycles. The number of aromatic nitrogens is 1. The molecule has 4 nitrogen and oxygen atoms in total. The fourth-order valence-electron chi connectivity index (χ4n) is 1.91. The molecule has 4 heteroatoms. The van der Waals surface area contributed by atoms with E-state index in [1.54, 1.807) is 6.20 Å². The number of oxazole rings is 1. The van der Waals surface area contributed by atoms with Crippen LogP contribution in [0.3, 0.4) is 0 Å². The van der Waals surface area contributed by atoms with Gasteiger partial charge in [0, 0.05) is 12.8 Å². The molecule has 0 fully saturated rings. The summed E-state index contributed by atoms with van der Waals surface area (Å²) in [7, 11) is 0. The Morgan fingerprint density at radius 2 is 2.00 bits per heavy atom. The second kappa shape index (κ2) is 7.14. The Labute approximate surface area is 114 Å². The average molecular weight is 262 g/mol. The van der Waals surface area contributed by atoms with E-state index in [1.807, 2.05) is 12.1 Å². The first-order valence-electron chi connectivity index (χ1n) is 7.08. The Bertz CT molecular complexity index is 488. The van der Waals surface area contributed by atoms with E-state index in [0.29, 0.717) is 0 Å². The fourth-order valence-corrected chi connectivity index (χ4v) is 1.91. The summed E-state index contributed by atoms with van der Waals surface area (Å²) in [6.45, 7) is 6.31. The third-order valence-electron chi connectivity index (χ3n) is 2.98. The van der Waals surface area contributed by atoms with E-state index in [0.717, 1.165) is 55.5 Å². The van der Waals surface area contributed by atoms with Gasteiger partial charge in [0.25, 0.3) is 0 Å². The molecule has 0 spiro atoms. The van der Waals surface area contributed by atoms with Crippen molar-refractivity contribution in [1.29, 1.82) is 0 Å². The molecule has 2 aromatic heterocycles. The quantitative estimate of drug-likeness (QED) is 0.740. The van der Waals surface area contributed by atoms with Crippen molar-refractivity contribution in [3.8, 4) is 11.5 Å². The maximum Gasteiger partial charge on any atom is 0.195 e. The number of nitrogens with one attached hydrogen (secondary N) is 1. The molecule has 104 valence electrons. The van der Waals surface area contributed by atoms with E-state index < -0.39 is 0 Å². The van der Waals surface area contributed by atoms with Crippen LogP contribution >= 0.6 is 0 Å². The summed E-state index contributed by atoms with van der Waals surface area (Å²) in [6.07, 6.45) is 5.70. The zero-order chi connectivity index (χ0) is 13.5. The molecule has 0 saturated carbocycles. The summed E-state index contributed by atoms with van der Waals surface area (Å²) in [4.78, 5) is 4.29. The highest BCUT2D eigenvalue weighted by molar-refractivity contribution is 5.48. The molecule has 0 aliphatic rings. The highest BCUT2D eigenvalue weighted by Gasteiger charge is 2.10. The zero-order valence-electron chi connectivity index (χ0n) is 11.7. The Balaban J connectivity index is 1.84. The molecule has 1 N–H and O–H groups in total. The van der Waals surface area contributed by atoms with Crippen molar-refractivity contribution in [3.05, 3.63) is 30.0 Å². The molecule has 0 aliphatic heterocycles. The van der Waals surface area contributed by atoms with Crippen molar-refractivity contribution in [2.75, 3.05) is 13.1 Å². The van der Waals surface area contributed by atoms with Gasteiger partial charge in [-0.15, -0.1) is 0 Å². The van der Waals surface area contributed by atoms with Crippen LogP contribution in [0.25, 0.3) is 11.5 Å². The highest BCUT2D eigenvalue weighted by atomic mass is 16.4. The highest BCUT2D eigenvalue weighted by Crippen LogP contribution is 2.23. The van der Waals surface area contributed by atoms with Gasteiger partial charge in [-0.05, 0) is 38.1 Å². The first-order chi connectivity index (χ1) is 9.33. The molecular formula is C15H22N2O2. The molecule has 0 unspecified atom stereocenters. The van der Waals surface area contributed by atoms with Crippen molar-refractivity contribution in [3.63, 3.8) is 0 Å². The summed E-state index contributed by atoms with van der Waals surface area (Å²) in [5.41, 5.74) is 0. The van der Waals surface area contributed by atoms with Crippen molar-refractivity contribution in [2.45, 2.75) is 39.5 Å². The molecule has 0 radical (unpaired) electrons. The maximum absolute atomic E-state index is 5.70. The molecule has 2 heterocycles. The van der Waals surface area contributed by atoms with E-state index in [9.17, 15) is 0 Å². The third-order valence-corrected chi connectivity index (χ3v) is 2.98. The van der Waals surface area contributed by atoms with Gasteiger partial charge in [-0.3, -0.25) is 0 Å². The standard InChI is InChI=1S/C15H22N2O2/c1-3-9-16-10-5-6-15-17-11-14(19-15)13-8-7-12(4-2)18-13/h7-8,11,16H,3-6,9-10H2,1-2H3. The molecule has 19 heavy (non-hydrogen) atoms. The largest absolute Gasteiger partial charge is 0.458 e. The molecule has 0 aliphatic carbocycles. The lowest BCUT2D eigenvalue weighted by Crippen LogP contribution is -2.16. The predicted octanol–water partition coefficient (Wildman–Crippen LogP) is 3.43. The van der Waals surface area contributed by atoms with Gasteiger partial charge >= 0.3 is 0 Å². The van der Waals surface area contributed by atoms with E-state index >= 15 is 0 Å². The van der Waals surface area contributed by atoms with Crippen LogP contribution in [0.4, 0.5) is 0 Å². The van der Waals surface area contributed by atoms with Crippen molar-refractivity contribution < 1.29 is 8.83 Å². The summed E-state index contributed by atoms with van der Waals surface area (Å²) in [5, 5.41) is 3.37. The van der Waals surface area contributed by atoms with Crippen molar-refractivity contribution in [1.82, 2.24) is 10.3 Å². The molecule has 0 amide bonds. The molecule has 0 atom stereocenters. The predicted molar refractivity (Wildman–Crippen MR) is 75.1 cm³/mol. The van der Waals surface area contributed by atoms with Crippen LogP contribution in [0.2, 0.25) is 0 Å². The van der Waals surface area contributed by atoms with Gasteiger partial charge < -0.3 is 14.2 Å². The number of rotatable bonds is 8. The van der Waals surface area contributed by atoms with Gasteiger partial charge in [0.2, 0.25) is 0 Å². The van der Waals surface area contributed by atoms with Gasteiger partial charge in [0.1, 0.15) is 5.76 Å². The molecule has 2 rings (SSSR count). The van der Waals surface area contributed by atoms with E-state index in [1.165, 1.54) is 6.42 Å². The number of furan rings is 1. The number of hydrogen-bond acceptors (Lipinski definition) is 4. The molecule has 0 bridgehead atoms. The lowest BCUT2D eigenvalue weighted by molar-refractivity contribution is 0.463. The van der Waals surface area contributed by atoms with Crippen LogP contribution < -0.4 is 5.32 Å². The summed E-state index contributed by atoms with van der Waals surface area (Å²) in [6, 6.07) is 3.91. The van der Waals surface area contributed by atoms with Crippen molar-refractivity contribution in [2.24, 2.45) is 0 Å². The SMILES string of the molecule is CCCNCCCc1ncc(-c2ccc(CC)o2)o1. The van der Waals surface area contributed by atoms with E-state index in [2.05, 4.69) is 24.1 Å². The van der Waals surface area contributed by atoms with Gasteiger partial charge in [-0.1, -0.05) is 13.8 Å². The van der Waals surface area contributed by atoms with Crippen LogP contribution in [0.5, 0.6) is 0 Å². The molecular weight excluding hydrogens is 240 g/mol. The lowest BCUT2D eigenvalue weighted by atomic mass is 10.3. The van der Waals surface area contributed by atoms with Crippen LogP contribution in [-0.4, -0.2) is 18.1 Å². The molecule has 2 aromatic rings. The number of hydrogen-bond donors (Lipinski definition) is 1. The number of aryl methyl sites for hydroxylation is 2. The average Bonchev–Trinajstić information content (AvgIpc) is 3.07. The Hall–Kier alpha value is -1.55. The Morgan fingerprint density at radius 3 is 2.74 bits per heavy atom. The van der Waals surface area contributed by atoms with Crippen molar-refractivity contribution >= 4 is 0 Å². The van der Waals surface area contributed by atoms with Gasteiger partial charge in [0.05, 0.1) is 6.20 Å². The first-order valence-corrected chi connectivity index (χ1v) is 7.08. The summed E-state index contributed by atoms with van der Waals surface area (Å²) < 4.78 is 11.3. The minimum Gasteiger partial charge on any atom is -0.458 e. The fraction of sp³-hybridized carbons (Fsp3) is 0.533. The lowest BCUT2D eigenvalue weighted by Gasteiger charge is -2.00. The normalized spacial score (nSPS) is 11.1. The second-order valence-electron chi connectivity index (χ2n) is 4.59. The Kier molecular flexibility index (Phi) is 5.21. The van der Waals surface area contributed by atoms with Gasteiger partial charge in [0.15, 0.2) is 17.4 Å². The van der Waals surface area contributed by atoms with E-state index in [4.69, 9.17) is 8.83 Å². The monoisotopic (exact) mass is 262 g/mol. The van der Waals surface area contributed by atoms with Gasteiger partial charge in [-0.2, -0.15) is 0 Å². The minimum atomic E-state index is 0.719. The first kappa shape index (κ1) is 13.9. The topological polar surface area (TPSA) is 51.2 Å². The zero-order valence-corrected chi connectivity index (χ0v) is 11.7. The van der Waals surface area contributed by atoms with E-state index in [-0.39, 0.29) is 0 Å². The summed E-state index contributed by atoms with van der Waals surface area (Å²) in [5.74, 6) is 3.23. The third kappa shape index (κ3) is 3.96. The smallest absolute Gasteiger partial charge is 0.195 e. The van der Waals surface area contributed by atoms with Gasteiger partial charge in [-0.25, -0.2) is 4.98 Å². The van der Waals surface area contributed by atoms with Crippen LogP contribution in [0.15, 0.2) is 27.2 Å².